The number of benzene rings is 1. The van der Waals surface area contributed by atoms with Crippen LogP contribution in [0.25, 0.3) is 0 Å². The molecule has 1 aromatic rings. The second-order valence-electron chi connectivity index (χ2n) is 6.05. The number of rotatable bonds is 3. The van der Waals surface area contributed by atoms with Gasteiger partial charge in [-0.05, 0) is 38.2 Å². The molecule has 0 radical (unpaired) electrons. The molecule has 1 aromatic carbocycles. The molecule has 2 bridgehead atoms. The zero-order chi connectivity index (χ0) is 13.4. The third-order valence-corrected chi connectivity index (χ3v) is 4.83. The Labute approximate surface area is 114 Å². The largest absolute Gasteiger partial charge is 0.393 e. The summed E-state index contributed by atoms with van der Waals surface area (Å²) in [6.07, 6.45) is 3.46. The van der Waals surface area contributed by atoms with Crippen molar-refractivity contribution in [3.63, 3.8) is 0 Å². The van der Waals surface area contributed by atoms with Gasteiger partial charge in [-0.15, -0.1) is 0 Å². The molecule has 3 heteroatoms. The SMILES string of the molecule is CC(C(O)c1ccccc1)N1C2CCC1CC(O)C2. The van der Waals surface area contributed by atoms with Gasteiger partial charge in [-0.2, -0.15) is 0 Å². The highest BCUT2D eigenvalue weighted by molar-refractivity contribution is 5.19. The average Bonchev–Trinajstić information content (AvgIpc) is 2.70. The molecular formula is C16H23NO2. The van der Waals surface area contributed by atoms with Crippen LogP contribution in [0.15, 0.2) is 30.3 Å². The van der Waals surface area contributed by atoms with Gasteiger partial charge in [-0.1, -0.05) is 30.3 Å². The smallest absolute Gasteiger partial charge is 0.0942 e. The van der Waals surface area contributed by atoms with Crippen LogP contribution in [0.3, 0.4) is 0 Å². The molecule has 3 rings (SSSR count). The van der Waals surface area contributed by atoms with Crippen molar-refractivity contribution in [2.45, 2.75) is 62.9 Å². The van der Waals surface area contributed by atoms with Crippen molar-refractivity contribution in [3.05, 3.63) is 35.9 Å². The standard InChI is InChI=1S/C16H23NO2/c1-11(16(19)12-5-3-2-4-6-12)17-13-7-8-14(17)10-15(18)9-13/h2-6,11,13-16,18-19H,7-10H2,1H3. The molecular weight excluding hydrogens is 238 g/mol. The quantitative estimate of drug-likeness (QED) is 0.875. The molecule has 0 saturated carbocycles. The van der Waals surface area contributed by atoms with Crippen molar-refractivity contribution >= 4 is 0 Å². The first-order valence-corrected chi connectivity index (χ1v) is 7.35. The molecule has 4 atom stereocenters. The van der Waals surface area contributed by atoms with Crippen molar-refractivity contribution in [3.8, 4) is 0 Å². The van der Waals surface area contributed by atoms with E-state index in [0.717, 1.165) is 31.2 Å². The molecule has 0 amide bonds. The summed E-state index contributed by atoms with van der Waals surface area (Å²) in [4.78, 5) is 2.45. The van der Waals surface area contributed by atoms with Crippen LogP contribution in [-0.4, -0.2) is 39.3 Å². The lowest BCUT2D eigenvalue weighted by Crippen LogP contribution is -2.51. The zero-order valence-corrected chi connectivity index (χ0v) is 11.4. The number of nitrogens with zero attached hydrogens (tertiary/aromatic N) is 1. The van der Waals surface area contributed by atoms with Crippen LogP contribution in [-0.2, 0) is 0 Å². The maximum absolute atomic E-state index is 10.6. The number of hydrogen-bond donors (Lipinski definition) is 2. The van der Waals surface area contributed by atoms with Crippen LogP contribution in [0.1, 0.15) is 44.3 Å². The van der Waals surface area contributed by atoms with Crippen LogP contribution in [0.2, 0.25) is 0 Å². The Morgan fingerprint density at radius 2 is 1.68 bits per heavy atom. The van der Waals surface area contributed by atoms with E-state index >= 15 is 0 Å². The number of aliphatic hydroxyl groups is 2. The number of aliphatic hydroxyl groups excluding tert-OH is 2. The molecule has 2 N–H and O–H groups in total. The minimum atomic E-state index is -0.445. The highest BCUT2D eigenvalue weighted by Gasteiger charge is 2.43. The first kappa shape index (κ1) is 13.1. The van der Waals surface area contributed by atoms with Crippen LogP contribution >= 0.6 is 0 Å². The molecule has 0 aromatic heterocycles. The number of piperidine rings is 1. The van der Waals surface area contributed by atoms with E-state index in [1.807, 2.05) is 30.3 Å². The molecule has 19 heavy (non-hydrogen) atoms. The molecule has 2 aliphatic heterocycles. The Morgan fingerprint density at radius 1 is 1.11 bits per heavy atom. The first-order chi connectivity index (χ1) is 9.16. The first-order valence-electron chi connectivity index (χ1n) is 7.35. The maximum atomic E-state index is 10.6. The van der Waals surface area contributed by atoms with Crippen molar-refractivity contribution in [1.82, 2.24) is 4.90 Å². The second-order valence-corrected chi connectivity index (χ2v) is 6.05. The van der Waals surface area contributed by atoms with Gasteiger partial charge in [-0.3, -0.25) is 4.90 Å². The van der Waals surface area contributed by atoms with Gasteiger partial charge in [0.15, 0.2) is 0 Å². The molecule has 2 heterocycles. The number of fused-ring (bicyclic) bond motifs is 2. The second kappa shape index (κ2) is 5.23. The Morgan fingerprint density at radius 3 is 2.26 bits per heavy atom. The fourth-order valence-corrected chi connectivity index (χ4v) is 3.94. The van der Waals surface area contributed by atoms with Gasteiger partial charge in [0.1, 0.15) is 0 Å². The van der Waals surface area contributed by atoms with Gasteiger partial charge in [-0.25, -0.2) is 0 Å². The Balaban J connectivity index is 1.76. The summed E-state index contributed by atoms with van der Waals surface area (Å²) in [5.74, 6) is 0. The van der Waals surface area contributed by atoms with E-state index in [2.05, 4.69) is 11.8 Å². The van der Waals surface area contributed by atoms with E-state index in [9.17, 15) is 10.2 Å². The normalized spacial score (nSPS) is 34.2. The van der Waals surface area contributed by atoms with E-state index in [0.29, 0.717) is 12.1 Å². The third-order valence-electron chi connectivity index (χ3n) is 4.83. The minimum absolute atomic E-state index is 0.118. The van der Waals surface area contributed by atoms with E-state index in [1.165, 1.54) is 0 Å². The monoisotopic (exact) mass is 261 g/mol. The molecule has 0 aliphatic carbocycles. The highest BCUT2D eigenvalue weighted by atomic mass is 16.3. The summed E-state index contributed by atoms with van der Waals surface area (Å²) in [7, 11) is 0. The molecule has 2 fully saturated rings. The molecule has 2 saturated heterocycles. The van der Waals surface area contributed by atoms with Crippen molar-refractivity contribution < 1.29 is 10.2 Å². The van der Waals surface area contributed by atoms with E-state index in [-0.39, 0.29) is 12.1 Å². The third kappa shape index (κ3) is 2.42. The van der Waals surface area contributed by atoms with Gasteiger partial charge in [0.05, 0.1) is 12.2 Å². The number of hydrogen-bond acceptors (Lipinski definition) is 3. The van der Waals surface area contributed by atoms with E-state index in [1.54, 1.807) is 0 Å². The van der Waals surface area contributed by atoms with Crippen LogP contribution < -0.4 is 0 Å². The van der Waals surface area contributed by atoms with Crippen LogP contribution in [0.5, 0.6) is 0 Å². The lowest BCUT2D eigenvalue weighted by atomic mass is 9.94. The van der Waals surface area contributed by atoms with Crippen molar-refractivity contribution in [2.75, 3.05) is 0 Å². The van der Waals surface area contributed by atoms with Crippen molar-refractivity contribution in [1.29, 1.82) is 0 Å². The summed E-state index contributed by atoms with van der Waals surface area (Å²) in [6.45, 7) is 2.11. The maximum Gasteiger partial charge on any atom is 0.0942 e. The van der Waals surface area contributed by atoms with Gasteiger partial charge >= 0.3 is 0 Å². The minimum Gasteiger partial charge on any atom is -0.393 e. The zero-order valence-electron chi connectivity index (χ0n) is 11.4. The predicted octanol–water partition coefficient (Wildman–Crippen LogP) is 2.10. The molecule has 104 valence electrons. The summed E-state index contributed by atoms with van der Waals surface area (Å²) in [6, 6.07) is 10.9. The van der Waals surface area contributed by atoms with Gasteiger partial charge in [0.2, 0.25) is 0 Å². The molecule has 3 nitrogen and oxygen atoms in total. The fourth-order valence-electron chi connectivity index (χ4n) is 3.94. The Kier molecular flexibility index (Phi) is 3.61. The fraction of sp³-hybridized carbons (Fsp3) is 0.625. The van der Waals surface area contributed by atoms with E-state index < -0.39 is 6.10 Å². The van der Waals surface area contributed by atoms with Gasteiger partial charge in [0, 0.05) is 18.1 Å². The average molecular weight is 261 g/mol. The van der Waals surface area contributed by atoms with Crippen LogP contribution in [0, 0.1) is 0 Å². The summed E-state index contributed by atoms with van der Waals surface area (Å²) >= 11 is 0. The van der Waals surface area contributed by atoms with Crippen LogP contribution in [0.4, 0.5) is 0 Å². The summed E-state index contributed by atoms with van der Waals surface area (Å²) in [5, 5.41) is 20.4. The molecule has 0 spiro atoms. The lowest BCUT2D eigenvalue weighted by Gasteiger charge is -2.42. The van der Waals surface area contributed by atoms with E-state index in [4.69, 9.17) is 0 Å². The summed E-state index contributed by atoms with van der Waals surface area (Å²) in [5.41, 5.74) is 0.987. The predicted molar refractivity (Wildman–Crippen MR) is 74.8 cm³/mol. The highest BCUT2D eigenvalue weighted by Crippen LogP contribution is 2.39. The summed E-state index contributed by atoms with van der Waals surface area (Å²) < 4.78 is 0. The molecule has 2 aliphatic rings. The lowest BCUT2D eigenvalue weighted by molar-refractivity contribution is -0.0267. The van der Waals surface area contributed by atoms with Gasteiger partial charge in [0.25, 0.3) is 0 Å². The Hall–Kier alpha value is -0.900. The van der Waals surface area contributed by atoms with Gasteiger partial charge < -0.3 is 10.2 Å². The molecule has 4 unspecified atom stereocenters. The topological polar surface area (TPSA) is 43.7 Å². The Bertz CT molecular complexity index is 408. The van der Waals surface area contributed by atoms with Crippen molar-refractivity contribution in [2.24, 2.45) is 0 Å².